The third-order valence-electron chi connectivity index (χ3n) is 5.31. The summed E-state index contributed by atoms with van der Waals surface area (Å²) in [7, 11) is 1.49. The third kappa shape index (κ3) is 4.18. The van der Waals surface area contributed by atoms with Crippen molar-refractivity contribution >= 4 is 22.7 Å². The summed E-state index contributed by atoms with van der Waals surface area (Å²) >= 11 is 0. The second-order valence-corrected chi connectivity index (χ2v) is 7.60. The zero-order valence-corrected chi connectivity index (χ0v) is 18.5. The fourth-order valence-electron chi connectivity index (χ4n) is 3.66. The number of H-pyrrole nitrogens is 1. The molecule has 0 aliphatic carbocycles. The van der Waals surface area contributed by atoms with Crippen LogP contribution in [-0.2, 0) is 7.05 Å². The molecule has 12 heteroatoms. The molecule has 3 heterocycles. The molecule has 0 amide bonds. The smallest absolute Gasteiger partial charge is 0.321 e. The fraction of sp³-hybridized carbons (Fsp3) is 0.0833. The molecule has 1 N–H and O–H groups in total. The largest absolute Gasteiger partial charge is 0.457 e. The quantitative estimate of drug-likeness (QED) is 0.242. The van der Waals surface area contributed by atoms with Crippen molar-refractivity contribution < 1.29 is 22.3 Å². The predicted octanol–water partition coefficient (Wildman–Crippen LogP) is 5.66. The Balaban J connectivity index is 1.48. The van der Waals surface area contributed by atoms with Gasteiger partial charge in [-0.25, -0.2) is 18.7 Å². The number of anilines is 2. The molecular formula is C24H15F4N7O. The van der Waals surface area contributed by atoms with Crippen LogP contribution in [0.3, 0.4) is 0 Å². The van der Waals surface area contributed by atoms with Crippen molar-refractivity contribution in [2.75, 3.05) is 4.90 Å². The molecule has 0 bridgehead atoms. The van der Waals surface area contributed by atoms with Gasteiger partial charge in [-0.2, -0.15) is 14.0 Å². The van der Waals surface area contributed by atoms with Gasteiger partial charge in [-0.05, 0) is 30.3 Å². The molecule has 0 radical (unpaired) electrons. The number of aromatic nitrogens is 5. The highest BCUT2D eigenvalue weighted by Crippen LogP contribution is 2.34. The number of ether oxygens (including phenoxy) is 1. The molecule has 0 fully saturated rings. The molecule has 36 heavy (non-hydrogen) atoms. The Bertz CT molecular complexity index is 1620. The number of benzene rings is 2. The van der Waals surface area contributed by atoms with E-state index in [-0.39, 0.29) is 11.6 Å². The van der Waals surface area contributed by atoms with E-state index in [4.69, 9.17) is 10.00 Å². The van der Waals surface area contributed by atoms with E-state index in [0.717, 1.165) is 12.1 Å². The van der Waals surface area contributed by atoms with Crippen LogP contribution in [0.5, 0.6) is 11.5 Å². The Morgan fingerprint density at radius 3 is 2.61 bits per heavy atom. The minimum atomic E-state index is -3.19. The van der Waals surface area contributed by atoms with E-state index in [1.807, 2.05) is 6.07 Å². The Kier molecular flexibility index (Phi) is 5.73. The number of rotatable bonds is 6. The third-order valence-corrected chi connectivity index (χ3v) is 5.31. The molecule has 180 valence electrons. The van der Waals surface area contributed by atoms with Crippen molar-refractivity contribution in [3.05, 3.63) is 78.3 Å². The zero-order valence-electron chi connectivity index (χ0n) is 18.5. The Labute approximate surface area is 201 Å². The molecule has 0 saturated carbocycles. The predicted molar refractivity (Wildman–Crippen MR) is 122 cm³/mol. The van der Waals surface area contributed by atoms with Crippen LogP contribution in [0.2, 0.25) is 0 Å². The molecule has 3 aromatic heterocycles. The molecule has 5 aromatic rings. The first-order valence-electron chi connectivity index (χ1n) is 10.4. The van der Waals surface area contributed by atoms with Crippen molar-refractivity contribution in [3.8, 4) is 29.1 Å². The molecular weight excluding hydrogens is 478 g/mol. The van der Waals surface area contributed by atoms with E-state index in [9.17, 15) is 17.6 Å². The summed E-state index contributed by atoms with van der Waals surface area (Å²) in [6, 6.07) is 12.2. The van der Waals surface area contributed by atoms with Gasteiger partial charge in [-0.3, -0.25) is 9.88 Å². The van der Waals surface area contributed by atoms with Crippen LogP contribution in [0.4, 0.5) is 29.2 Å². The van der Waals surface area contributed by atoms with Crippen molar-refractivity contribution in [3.63, 3.8) is 0 Å². The SMILES string of the molecule is Cn1c(N(c2cc(F)ccc2F)C(F)F)nc2cc(Oc3ccnc(-c4ncc(C#N)[nH]4)c3)ccc21. The Hall–Kier alpha value is -4.92. The summed E-state index contributed by atoms with van der Waals surface area (Å²) in [5.74, 6) is -1.01. The maximum Gasteiger partial charge on any atom is 0.321 e. The van der Waals surface area contributed by atoms with E-state index in [2.05, 4.69) is 19.9 Å². The summed E-state index contributed by atoms with van der Waals surface area (Å²) in [5, 5.41) is 8.96. The van der Waals surface area contributed by atoms with Gasteiger partial charge in [0.2, 0.25) is 5.95 Å². The topological polar surface area (TPSA) is 95.7 Å². The van der Waals surface area contributed by atoms with Gasteiger partial charge in [-0.1, -0.05) is 0 Å². The molecule has 0 unspecified atom stereocenters. The second-order valence-electron chi connectivity index (χ2n) is 7.60. The van der Waals surface area contributed by atoms with Crippen LogP contribution in [0, 0.1) is 23.0 Å². The summed E-state index contributed by atoms with van der Waals surface area (Å²) in [6.45, 7) is -3.19. The number of alkyl halides is 2. The normalized spacial score (nSPS) is 11.1. The van der Waals surface area contributed by atoms with Crippen LogP contribution in [-0.4, -0.2) is 31.1 Å². The van der Waals surface area contributed by atoms with Gasteiger partial charge < -0.3 is 14.3 Å². The summed E-state index contributed by atoms with van der Waals surface area (Å²) in [6.07, 6.45) is 2.89. The highest BCUT2D eigenvalue weighted by atomic mass is 19.3. The number of hydrogen-bond donors (Lipinski definition) is 1. The number of hydrogen-bond acceptors (Lipinski definition) is 6. The first kappa shape index (κ1) is 22.9. The fourth-order valence-corrected chi connectivity index (χ4v) is 3.66. The molecule has 0 spiro atoms. The molecule has 0 aliphatic rings. The van der Waals surface area contributed by atoms with E-state index in [0.29, 0.717) is 45.0 Å². The van der Waals surface area contributed by atoms with Gasteiger partial charge in [0.25, 0.3) is 0 Å². The molecule has 0 saturated heterocycles. The number of nitriles is 1. The maximum absolute atomic E-state index is 14.3. The number of pyridine rings is 1. The Morgan fingerprint density at radius 2 is 1.86 bits per heavy atom. The highest BCUT2D eigenvalue weighted by Gasteiger charge is 2.27. The maximum atomic E-state index is 14.3. The van der Waals surface area contributed by atoms with Gasteiger partial charge in [0.05, 0.1) is 22.9 Å². The summed E-state index contributed by atoms with van der Waals surface area (Å²) < 4.78 is 63.2. The van der Waals surface area contributed by atoms with Gasteiger partial charge in [0, 0.05) is 31.4 Å². The molecule has 0 atom stereocenters. The number of imidazole rings is 2. The second kappa shape index (κ2) is 9.03. The van der Waals surface area contributed by atoms with Crippen LogP contribution in [0.25, 0.3) is 22.6 Å². The van der Waals surface area contributed by atoms with E-state index in [1.165, 1.54) is 30.1 Å². The van der Waals surface area contributed by atoms with Crippen LogP contribution >= 0.6 is 0 Å². The lowest BCUT2D eigenvalue weighted by atomic mass is 10.3. The number of halogens is 4. The van der Waals surface area contributed by atoms with Crippen molar-refractivity contribution in [2.24, 2.45) is 7.05 Å². The van der Waals surface area contributed by atoms with Gasteiger partial charge >= 0.3 is 6.55 Å². The lowest BCUT2D eigenvalue weighted by Crippen LogP contribution is -2.27. The summed E-state index contributed by atoms with van der Waals surface area (Å²) in [4.78, 5) is 15.7. The Morgan fingerprint density at radius 1 is 1.06 bits per heavy atom. The van der Waals surface area contributed by atoms with Crippen molar-refractivity contribution in [1.29, 1.82) is 5.26 Å². The first-order chi connectivity index (χ1) is 17.3. The van der Waals surface area contributed by atoms with Crippen LogP contribution < -0.4 is 9.64 Å². The van der Waals surface area contributed by atoms with E-state index >= 15 is 0 Å². The molecule has 8 nitrogen and oxygen atoms in total. The monoisotopic (exact) mass is 493 g/mol. The highest BCUT2D eigenvalue weighted by molar-refractivity contribution is 5.81. The minimum absolute atomic E-state index is 0.279. The average Bonchev–Trinajstić information content (AvgIpc) is 3.46. The van der Waals surface area contributed by atoms with Crippen molar-refractivity contribution in [2.45, 2.75) is 6.55 Å². The van der Waals surface area contributed by atoms with Gasteiger partial charge in [-0.15, -0.1) is 0 Å². The number of nitrogens with zero attached hydrogens (tertiary/aromatic N) is 6. The van der Waals surface area contributed by atoms with E-state index < -0.39 is 23.9 Å². The molecule has 2 aromatic carbocycles. The minimum Gasteiger partial charge on any atom is -0.457 e. The van der Waals surface area contributed by atoms with Crippen LogP contribution in [0.15, 0.2) is 60.9 Å². The van der Waals surface area contributed by atoms with Gasteiger partial charge in [0.1, 0.15) is 40.6 Å². The van der Waals surface area contributed by atoms with Gasteiger partial charge in [0.15, 0.2) is 5.82 Å². The summed E-state index contributed by atoms with van der Waals surface area (Å²) in [5.41, 5.74) is 0.855. The van der Waals surface area contributed by atoms with Crippen LogP contribution in [0.1, 0.15) is 5.69 Å². The number of aryl methyl sites for hydroxylation is 1. The molecule has 5 rings (SSSR count). The van der Waals surface area contributed by atoms with E-state index in [1.54, 1.807) is 24.3 Å². The first-order valence-corrected chi connectivity index (χ1v) is 10.4. The average molecular weight is 493 g/mol. The number of fused-ring (bicyclic) bond motifs is 1. The number of nitrogens with one attached hydrogen (secondary N) is 1. The van der Waals surface area contributed by atoms with Crippen molar-refractivity contribution in [1.82, 2.24) is 24.5 Å². The molecule has 0 aliphatic heterocycles. The number of aromatic amines is 1. The lowest BCUT2D eigenvalue weighted by Gasteiger charge is -2.23. The zero-order chi connectivity index (χ0) is 25.4. The lowest BCUT2D eigenvalue weighted by molar-refractivity contribution is 0.152. The standard InChI is InChI=1S/C24H15F4N7O/c1-34-20-5-3-15(36-16-6-7-30-19(10-16)22-31-12-14(11-29)32-22)9-18(20)33-24(34)35(23(27)28)21-8-13(25)2-4-17(21)26/h2-10,12,23H,1H3,(H,31,32).